The number of rotatable bonds is 8. The first-order chi connectivity index (χ1) is 9.09. The van der Waals surface area contributed by atoms with Crippen LogP contribution in [0.25, 0.3) is 0 Å². The molecular weight excluding hydrogens is 252 g/mol. The van der Waals surface area contributed by atoms with Crippen molar-refractivity contribution in [2.75, 3.05) is 6.61 Å². The van der Waals surface area contributed by atoms with Crippen LogP contribution in [-0.2, 0) is 11.3 Å². The lowest BCUT2D eigenvalue weighted by molar-refractivity contribution is -0.0322. The van der Waals surface area contributed by atoms with Crippen LogP contribution in [0.3, 0.4) is 0 Å². The predicted molar refractivity (Wildman–Crippen MR) is 81.6 cm³/mol. The zero-order valence-corrected chi connectivity index (χ0v) is 13.8. The van der Waals surface area contributed by atoms with Crippen LogP contribution in [0, 0.1) is 0 Å². The van der Waals surface area contributed by atoms with Crippen LogP contribution in [-0.4, -0.2) is 32.7 Å². The Balaban J connectivity index is 2.38. The lowest BCUT2D eigenvalue weighted by atomic mass is 10.0. The highest BCUT2D eigenvalue weighted by Gasteiger charge is 2.20. The summed E-state index contributed by atoms with van der Waals surface area (Å²) >= 11 is 0. The minimum atomic E-state index is -0.172. The predicted octanol–water partition coefficient (Wildman–Crippen LogP) is 2.71. The molecule has 0 aliphatic rings. The molecule has 5 nitrogen and oxygen atoms in total. The van der Waals surface area contributed by atoms with Gasteiger partial charge in [0, 0.05) is 24.9 Å². The van der Waals surface area contributed by atoms with Gasteiger partial charge in [-0.05, 0) is 46.5 Å². The second-order valence-electron chi connectivity index (χ2n) is 7.16. The number of nitrogens with two attached hydrogens (primary N) is 1. The maximum absolute atomic E-state index is 5.96. The van der Waals surface area contributed by atoms with Crippen molar-refractivity contribution in [2.45, 2.75) is 78.0 Å². The Bertz CT molecular complexity index is 404. The highest BCUT2D eigenvalue weighted by Crippen LogP contribution is 2.18. The molecule has 1 rings (SSSR count). The summed E-state index contributed by atoms with van der Waals surface area (Å²) in [7, 11) is 0. The minimum Gasteiger partial charge on any atom is -0.375 e. The average Bonchev–Trinajstić information content (AvgIpc) is 2.73. The van der Waals surface area contributed by atoms with Gasteiger partial charge < -0.3 is 10.5 Å². The Morgan fingerprint density at radius 3 is 2.40 bits per heavy atom. The van der Waals surface area contributed by atoms with Gasteiger partial charge in [0.25, 0.3) is 0 Å². The molecule has 0 bridgehead atoms. The van der Waals surface area contributed by atoms with E-state index in [1.807, 2.05) is 24.7 Å². The number of hydrogen-bond donors (Lipinski definition) is 1. The van der Waals surface area contributed by atoms with Gasteiger partial charge in [0.1, 0.15) is 0 Å². The molecule has 1 aromatic heterocycles. The van der Waals surface area contributed by atoms with Gasteiger partial charge in [-0.2, -0.15) is 0 Å². The van der Waals surface area contributed by atoms with E-state index in [2.05, 4.69) is 38.0 Å². The van der Waals surface area contributed by atoms with Gasteiger partial charge >= 0.3 is 0 Å². The average molecular weight is 282 g/mol. The van der Waals surface area contributed by atoms with Crippen LogP contribution in [0.2, 0.25) is 0 Å². The highest BCUT2D eigenvalue weighted by atomic mass is 16.5. The van der Waals surface area contributed by atoms with Crippen LogP contribution in [0.4, 0.5) is 0 Å². The molecule has 0 aliphatic heterocycles. The SMILES string of the molecule is CC(C)c1cn(CCC(C)(C)OCCC(C)(C)N)nn1. The minimum absolute atomic E-state index is 0.171. The van der Waals surface area contributed by atoms with Gasteiger partial charge in [-0.25, -0.2) is 0 Å². The van der Waals surface area contributed by atoms with E-state index in [0.29, 0.717) is 12.5 Å². The summed E-state index contributed by atoms with van der Waals surface area (Å²) in [5, 5.41) is 8.32. The highest BCUT2D eigenvalue weighted by molar-refractivity contribution is 4.98. The molecule has 0 saturated heterocycles. The summed E-state index contributed by atoms with van der Waals surface area (Å²) in [6, 6.07) is 0. The molecule has 0 radical (unpaired) electrons. The first-order valence-electron chi connectivity index (χ1n) is 7.42. The normalized spacial score (nSPS) is 13.2. The summed E-state index contributed by atoms with van der Waals surface area (Å²) in [4.78, 5) is 0. The Hall–Kier alpha value is -0.940. The maximum Gasteiger partial charge on any atom is 0.0852 e. The number of ether oxygens (including phenoxy) is 1. The van der Waals surface area contributed by atoms with Crippen LogP contribution < -0.4 is 5.73 Å². The van der Waals surface area contributed by atoms with E-state index >= 15 is 0 Å². The molecule has 0 atom stereocenters. The zero-order valence-electron chi connectivity index (χ0n) is 13.8. The lowest BCUT2D eigenvalue weighted by Crippen LogP contribution is -2.35. The van der Waals surface area contributed by atoms with Gasteiger partial charge in [-0.15, -0.1) is 5.10 Å². The van der Waals surface area contributed by atoms with Crippen LogP contribution in [0.5, 0.6) is 0 Å². The smallest absolute Gasteiger partial charge is 0.0852 e. The molecule has 0 spiro atoms. The second-order valence-corrected chi connectivity index (χ2v) is 7.16. The second kappa shape index (κ2) is 6.68. The van der Waals surface area contributed by atoms with E-state index in [9.17, 15) is 0 Å². The first-order valence-corrected chi connectivity index (χ1v) is 7.42. The molecule has 116 valence electrons. The van der Waals surface area contributed by atoms with Crippen LogP contribution >= 0.6 is 0 Å². The third kappa shape index (κ3) is 6.48. The van der Waals surface area contributed by atoms with Crippen LogP contribution in [0.1, 0.15) is 66.0 Å². The standard InChI is InChI=1S/C15H30N4O/c1-12(2)13-11-19(18-17-13)9-7-15(5,6)20-10-8-14(3,4)16/h11-12H,7-10,16H2,1-6H3. The van der Waals surface area contributed by atoms with E-state index in [1.54, 1.807) is 0 Å². The fourth-order valence-electron chi connectivity index (χ4n) is 1.73. The third-order valence-electron chi connectivity index (χ3n) is 3.33. The van der Waals surface area contributed by atoms with Crippen molar-refractivity contribution in [1.29, 1.82) is 0 Å². The van der Waals surface area contributed by atoms with Crippen molar-refractivity contribution in [3.05, 3.63) is 11.9 Å². The number of aromatic nitrogens is 3. The van der Waals surface area contributed by atoms with E-state index in [0.717, 1.165) is 25.1 Å². The van der Waals surface area contributed by atoms with Crippen molar-refractivity contribution >= 4 is 0 Å². The first kappa shape index (κ1) is 17.1. The van der Waals surface area contributed by atoms with E-state index in [-0.39, 0.29) is 11.1 Å². The van der Waals surface area contributed by atoms with Crippen molar-refractivity contribution < 1.29 is 4.74 Å². The molecular formula is C15H30N4O. The van der Waals surface area contributed by atoms with Gasteiger partial charge in [0.05, 0.1) is 11.3 Å². The van der Waals surface area contributed by atoms with Crippen LogP contribution in [0.15, 0.2) is 6.20 Å². The van der Waals surface area contributed by atoms with Crippen molar-refractivity contribution in [3.63, 3.8) is 0 Å². The number of hydrogen-bond acceptors (Lipinski definition) is 4. The fraction of sp³-hybridized carbons (Fsp3) is 0.867. The molecule has 2 N–H and O–H groups in total. The maximum atomic E-state index is 5.96. The van der Waals surface area contributed by atoms with E-state index < -0.39 is 0 Å². The summed E-state index contributed by atoms with van der Waals surface area (Å²) in [5.74, 6) is 0.416. The Morgan fingerprint density at radius 1 is 1.25 bits per heavy atom. The summed E-state index contributed by atoms with van der Waals surface area (Å²) in [6.45, 7) is 14.0. The van der Waals surface area contributed by atoms with E-state index in [1.165, 1.54) is 0 Å². The molecule has 20 heavy (non-hydrogen) atoms. The molecule has 1 aromatic rings. The third-order valence-corrected chi connectivity index (χ3v) is 3.33. The lowest BCUT2D eigenvalue weighted by Gasteiger charge is -2.27. The Kier molecular flexibility index (Phi) is 5.71. The molecule has 0 aliphatic carbocycles. The Morgan fingerprint density at radius 2 is 1.90 bits per heavy atom. The van der Waals surface area contributed by atoms with Gasteiger partial charge in [-0.3, -0.25) is 4.68 Å². The number of nitrogens with zero attached hydrogens (tertiary/aromatic N) is 3. The summed E-state index contributed by atoms with van der Waals surface area (Å²) in [5.41, 5.74) is 6.65. The zero-order chi connectivity index (χ0) is 15.4. The van der Waals surface area contributed by atoms with Crippen molar-refractivity contribution in [3.8, 4) is 0 Å². The van der Waals surface area contributed by atoms with Crippen molar-refractivity contribution in [1.82, 2.24) is 15.0 Å². The topological polar surface area (TPSA) is 66.0 Å². The summed E-state index contributed by atoms with van der Waals surface area (Å²) < 4.78 is 7.84. The van der Waals surface area contributed by atoms with Gasteiger partial charge in [0.2, 0.25) is 0 Å². The molecule has 0 saturated carbocycles. The van der Waals surface area contributed by atoms with Crippen molar-refractivity contribution in [2.24, 2.45) is 5.73 Å². The monoisotopic (exact) mass is 282 g/mol. The van der Waals surface area contributed by atoms with Gasteiger partial charge in [0.15, 0.2) is 0 Å². The molecule has 0 amide bonds. The molecule has 5 heteroatoms. The molecule has 0 fully saturated rings. The quantitative estimate of drug-likeness (QED) is 0.796. The Labute approximate surface area is 122 Å². The van der Waals surface area contributed by atoms with E-state index in [4.69, 9.17) is 10.5 Å². The van der Waals surface area contributed by atoms with Gasteiger partial charge in [-0.1, -0.05) is 19.1 Å². The molecule has 0 aromatic carbocycles. The largest absolute Gasteiger partial charge is 0.375 e. The number of aryl methyl sites for hydroxylation is 1. The fourth-order valence-corrected chi connectivity index (χ4v) is 1.73. The molecule has 0 unspecified atom stereocenters. The summed E-state index contributed by atoms with van der Waals surface area (Å²) in [6.07, 6.45) is 3.78. The molecule has 1 heterocycles.